The Morgan fingerprint density at radius 2 is 1.92 bits per heavy atom. The molecule has 0 bridgehead atoms. The van der Waals surface area contributed by atoms with Crippen molar-refractivity contribution in [3.63, 3.8) is 0 Å². The smallest absolute Gasteiger partial charge is 0.358 e. The average Bonchev–Trinajstić information content (AvgIpc) is 3.05. The molecule has 0 saturated carbocycles. The van der Waals surface area contributed by atoms with Gasteiger partial charge in [-0.2, -0.15) is 13.2 Å². The largest absolute Gasteiger partial charge is 0.445 e. The quantitative estimate of drug-likeness (QED) is 0.766. The summed E-state index contributed by atoms with van der Waals surface area (Å²) >= 11 is 0.291. The fourth-order valence-electron chi connectivity index (χ4n) is 2.73. The van der Waals surface area contributed by atoms with Crippen molar-refractivity contribution in [2.75, 3.05) is 42.9 Å². The maximum atomic E-state index is 13.8. The maximum absolute atomic E-state index is 13.8. The lowest BCUT2D eigenvalue weighted by atomic mass is 10.2. The molecular formula is C15H16F4N5OS+. The van der Waals surface area contributed by atoms with E-state index in [9.17, 15) is 22.4 Å². The molecule has 2 N–H and O–H groups in total. The first-order valence-electron chi connectivity index (χ1n) is 7.86. The van der Waals surface area contributed by atoms with Crippen molar-refractivity contribution in [2.24, 2.45) is 0 Å². The van der Waals surface area contributed by atoms with E-state index in [0.717, 1.165) is 4.90 Å². The molecular weight excluding hydrogens is 374 g/mol. The fourth-order valence-corrected chi connectivity index (χ4v) is 3.35. The number of rotatable bonds is 4. The normalized spacial score (nSPS) is 15.9. The van der Waals surface area contributed by atoms with E-state index < -0.39 is 17.1 Å². The molecule has 2 heterocycles. The van der Waals surface area contributed by atoms with E-state index in [-0.39, 0.29) is 17.5 Å². The van der Waals surface area contributed by atoms with Gasteiger partial charge in [0.15, 0.2) is 6.54 Å². The van der Waals surface area contributed by atoms with Crippen LogP contribution in [0.3, 0.4) is 0 Å². The number of nitrogens with one attached hydrogen (secondary N) is 2. The Kier molecular flexibility index (Phi) is 5.37. The summed E-state index contributed by atoms with van der Waals surface area (Å²) in [4.78, 5) is 14.9. The topological polar surface area (TPSA) is 62.6 Å². The van der Waals surface area contributed by atoms with Crippen LogP contribution in [0.2, 0.25) is 0 Å². The van der Waals surface area contributed by atoms with Gasteiger partial charge in [0.25, 0.3) is 5.91 Å². The molecule has 1 amide bonds. The fraction of sp³-hybridized carbons (Fsp3) is 0.400. The first-order valence-corrected chi connectivity index (χ1v) is 8.68. The standard InChI is InChI=1S/C15H15F4N5OS/c16-10-3-1-2-4-11(10)24-7-5-23(6-8-24)9-12(25)20-14-22-21-13(26-14)15(17,18)19/h1-4H,5-9H2,(H,20,22,25)/p+1. The first kappa shape index (κ1) is 18.5. The van der Waals surface area contributed by atoms with Gasteiger partial charge >= 0.3 is 6.18 Å². The van der Waals surface area contributed by atoms with E-state index in [1.54, 1.807) is 18.2 Å². The Bertz CT molecular complexity index is 773. The summed E-state index contributed by atoms with van der Waals surface area (Å²) in [6.07, 6.45) is -4.57. The van der Waals surface area contributed by atoms with Crippen LogP contribution in [0, 0.1) is 5.82 Å². The predicted octanol–water partition coefficient (Wildman–Crippen LogP) is 1.04. The van der Waals surface area contributed by atoms with Crippen molar-refractivity contribution in [3.05, 3.63) is 35.1 Å². The molecule has 0 unspecified atom stereocenters. The second kappa shape index (κ2) is 7.54. The molecule has 0 aliphatic carbocycles. The van der Waals surface area contributed by atoms with Crippen LogP contribution in [0.15, 0.2) is 24.3 Å². The lowest BCUT2D eigenvalue weighted by molar-refractivity contribution is -0.892. The van der Waals surface area contributed by atoms with Gasteiger partial charge in [0.2, 0.25) is 10.1 Å². The highest BCUT2D eigenvalue weighted by Crippen LogP contribution is 2.32. The number of aromatic nitrogens is 2. The number of amides is 1. The van der Waals surface area contributed by atoms with Crippen LogP contribution in [0.1, 0.15) is 5.01 Å². The summed E-state index contributed by atoms with van der Waals surface area (Å²) in [6, 6.07) is 6.50. The van der Waals surface area contributed by atoms with Gasteiger partial charge in [0, 0.05) is 0 Å². The van der Waals surface area contributed by atoms with Crippen LogP contribution in [0.5, 0.6) is 0 Å². The highest BCUT2D eigenvalue weighted by Gasteiger charge is 2.36. The van der Waals surface area contributed by atoms with E-state index in [0.29, 0.717) is 43.2 Å². The van der Waals surface area contributed by atoms with Gasteiger partial charge in [-0.1, -0.05) is 23.5 Å². The number of hydrogen-bond acceptors (Lipinski definition) is 5. The second-order valence-corrected chi connectivity index (χ2v) is 6.80. The summed E-state index contributed by atoms with van der Waals surface area (Å²) < 4.78 is 51.2. The van der Waals surface area contributed by atoms with Gasteiger partial charge in [-0.15, -0.1) is 10.2 Å². The molecule has 1 aromatic carbocycles. The van der Waals surface area contributed by atoms with E-state index in [1.165, 1.54) is 6.07 Å². The van der Waals surface area contributed by atoms with Crippen LogP contribution in [-0.2, 0) is 11.0 Å². The minimum atomic E-state index is -4.57. The van der Waals surface area contributed by atoms with Crippen molar-refractivity contribution in [2.45, 2.75) is 6.18 Å². The van der Waals surface area contributed by atoms with Gasteiger partial charge in [0.1, 0.15) is 5.82 Å². The zero-order valence-corrected chi connectivity index (χ0v) is 14.3. The van der Waals surface area contributed by atoms with Crippen molar-refractivity contribution >= 4 is 28.1 Å². The Labute approximate surface area is 150 Å². The molecule has 140 valence electrons. The highest BCUT2D eigenvalue weighted by atomic mass is 32.1. The molecule has 1 fully saturated rings. The van der Waals surface area contributed by atoms with Gasteiger partial charge in [-0.05, 0) is 12.1 Å². The van der Waals surface area contributed by atoms with E-state index in [1.807, 2.05) is 4.90 Å². The minimum absolute atomic E-state index is 0.103. The van der Waals surface area contributed by atoms with E-state index in [4.69, 9.17) is 0 Å². The average molecular weight is 390 g/mol. The Morgan fingerprint density at radius 1 is 1.23 bits per heavy atom. The molecule has 1 aliphatic heterocycles. The molecule has 0 radical (unpaired) electrons. The second-order valence-electron chi connectivity index (χ2n) is 5.82. The van der Waals surface area contributed by atoms with Crippen molar-refractivity contribution < 1.29 is 27.3 Å². The van der Waals surface area contributed by atoms with Gasteiger partial charge < -0.3 is 9.80 Å². The Hall–Kier alpha value is -2.27. The van der Waals surface area contributed by atoms with Gasteiger partial charge in [-0.3, -0.25) is 10.1 Å². The zero-order chi connectivity index (χ0) is 18.7. The molecule has 6 nitrogen and oxygen atoms in total. The number of para-hydroxylation sites is 1. The number of nitrogens with zero attached hydrogens (tertiary/aromatic N) is 3. The van der Waals surface area contributed by atoms with Crippen molar-refractivity contribution in [1.82, 2.24) is 10.2 Å². The summed E-state index contributed by atoms with van der Waals surface area (Å²) in [5, 5.41) is 7.43. The van der Waals surface area contributed by atoms with E-state index in [2.05, 4.69) is 15.5 Å². The number of piperazine rings is 1. The SMILES string of the molecule is O=C(C[NH+]1CCN(c2ccccc2F)CC1)Nc1nnc(C(F)(F)F)s1. The number of quaternary nitrogens is 1. The number of hydrogen-bond donors (Lipinski definition) is 2. The maximum Gasteiger partial charge on any atom is 0.445 e. The first-order chi connectivity index (χ1) is 12.3. The number of benzene rings is 1. The zero-order valence-electron chi connectivity index (χ0n) is 13.5. The summed E-state index contributed by atoms with van der Waals surface area (Å²) in [5.74, 6) is -0.713. The molecule has 2 aromatic rings. The molecule has 1 saturated heterocycles. The third-order valence-electron chi connectivity index (χ3n) is 3.99. The lowest BCUT2D eigenvalue weighted by Gasteiger charge is -2.33. The van der Waals surface area contributed by atoms with Crippen LogP contribution < -0.4 is 15.1 Å². The molecule has 1 aliphatic rings. The van der Waals surface area contributed by atoms with Crippen LogP contribution in [-0.4, -0.2) is 48.8 Å². The number of anilines is 2. The Morgan fingerprint density at radius 3 is 2.54 bits per heavy atom. The van der Waals surface area contributed by atoms with Crippen LogP contribution in [0.25, 0.3) is 0 Å². The summed E-state index contributed by atoms with van der Waals surface area (Å²) in [5.41, 5.74) is 0.532. The number of alkyl halides is 3. The van der Waals surface area contributed by atoms with Gasteiger partial charge in [-0.25, -0.2) is 4.39 Å². The number of carbonyl (C=O) groups excluding carboxylic acids is 1. The molecule has 1 aromatic heterocycles. The lowest BCUT2D eigenvalue weighted by Crippen LogP contribution is -3.15. The molecule has 0 spiro atoms. The molecule has 26 heavy (non-hydrogen) atoms. The molecule has 0 atom stereocenters. The summed E-state index contributed by atoms with van der Waals surface area (Å²) in [7, 11) is 0. The molecule has 11 heteroatoms. The van der Waals surface area contributed by atoms with Crippen LogP contribution >= 0.6 is 11.3 Å². The van der Waals surface area contributed by atoms with Crippen molar-refractivity contribution in [1.29, 1.82) is 0 Å². The third-order valence-corrected chi connectivity index (χ3v) is 4.87. The van der Waals surface area contributed by atoms with Crippen molar-refractivity contribution in [3.8, 4) is 0 Å². The minimum Gasteiger partial charge on any atom is -0.358 e. The summed E-state index contributed by atoms with van der Waals surface area (Å²) in [6.45, 7) is 2.50. The molecule has 3 rings (SSSR count). The third kappa shape index (κ3) is 4.47. The number of halogens is 4. The van der Waals surface area contributed by atoms with E-state index >= 15 is 0 Å². The van der Waals surface area contributed by atoms with Gasteiger partial charge in [0.05, 0.1) is 31.9 Å². The Balaban J connectivity index is 1.49. The highest BCUT2D eigenvalue weighted by molar-refractivity contribution is 7.15. The number of carbonyl (C=O) groups is 1. The predicted molar refractivity (Wildman–Crippen MR) is 87.7 cm³/mol. The van der Waals surface area contributed by atoms with Crippen LogP contribution in [0.4, 0.5) is 28.4 Å². The monoisotopic (exact) mass is 390 g/mol.